The van der Waals surface area contributed by atoms with Gasteiger partial charge in [0.25, 0.3) is 5.56 Å². The standard InChI is InChI=1S/C26H23BrF2N4O3/c1-14-12-30-25(26(3,4)35)32-22(14)16-6-5-7-19(10-16)33-15(2)31-23(21(27)24(33)34)36-13-17-8-9-18(28)11-20(17)29/h5-12,35H,13H2,1-4H3. The number of aliphatic hydroxyl groups is 1. The molecule has 0 unspecified atom stereocenters. The Hall–Kier alpha value is -3.50. The quantitative estimate of drug-likeness (QED) is 0.353. The third kappa shape index (κ3) is 5.19. The minimum Gasteiger partial charge on any atom is -0.472 e. The van der Waals surface area contributed by atoms with Crippen molar-refractivity contribution in [2.24, 2.45) is 0 Å². The lowest BCUT2D eigenvalue weighted by Crippen LogP contribution is -2.24. The average Bonchev–Trinajstić information content (AvgIpc) is 2.81. The van der Waals surface area contributed by atoms with E-state index in [4.69, 9.17) is 4.74 Å². The van der Waals surface area contributed by atoms with Gasteiger partial charge in [0.15, 0.2) is 5.82 Å². The largest absolute Gasteiger partial charge is 0.472 e. The van der Waals surface area contributed by atoms with Gasteiger partial charge in [0, 0.05) is 23.4 Å². The van der Waals surface area contributed by atoms with Crippen LogP contribution in [0.4, 0.5) is 8.78 Å². The Morgan fingerprint density at radius 1 is 1.11 bits per heavy atom. The zero-order valence-electron chi connectivity index (χ0n) is 20.0. The van der Waals surface area contributed by atoms with Gasteiger partial charge in [-0.15, -0.1) is 0 Å². The second-order valence-electron chi connectivity index (χ2n) is 8.78. The summed E-state index contributed by atoms with van der Waals surface area (Å²) in [6, 6.07) is 10.4. The minimum absolute atomic E-state index is 0.00454. The van der Waals surface area contributed by atoms with Gasteiger partial charge in [-0.05, 0) is 73.5 Å². The number of hydrogen-bond acceptors (Lipinski definition) is 6. The van der Waals surface area contributed by atoms with Crippen LogP contribution in [0.5, 0.6) is 5.88 Å². The Morgan fingerprint density at radius 2 is 1.86 bits per heavy atom. The molecule has 4 rings (SSSR count). The van der Waals surface area contributed by atoms with E-state index in [0.717, 1.165) is 23.3 Å². The molecule has 0 radical (unpaired) electrons. The summed E-state index contributed by atoms with van der Waals surface area (Å²) in [7, 11) is 0. The van der Waals surface area contributed by atoms with Crippen molar-refractivity contribution in [3.8, 4) is 22.8 Å². The molecule has 0 bridgehead atoms. The lowest BCUT2D eigenvalue weighted by atomic mass is 10.0. The van der Waals surface area contributed by atoms with Gasteiger partial charge < -0.3 is 9.84 Å². The zero-order valence-corrected chi connectivity index (χ0v) is 21.6. The molecule has 2 heterocycles. The monoisotopic (exact) mass is 556 g/mol. The van der Waals surface area contributed by atoms with Crippen LogP contribution in [0.2, 0.25) is 0 Å². The van der Waals surface area contributed by atoms with Gasteiger partial charge in [0.2, 0.25) is 5.88 Å². The molecule has 1 N–H and O–H groups in total. The summed E-state index contributed by atoms with van der Waals surface area (Å²) >= 11 is 3.25. The smallest absolute Gasteiger partial charge is 0.276 e. The van der Waals surface area contributed by atoms with E-state index in [1.54, 1.807) is 45.2 Å². The Labute approximate surface area is 214 Å². The highest BCUT2D eigenvalue weighted by Crippen LogP contribution is 2.27. The Balaban J connectivity index is 1.70. The van der Waals surface area contributed by atoms with Gasteiger partial charge in [0.05, 0.1) is 11.4 Å². The molecular weight excluding hydrogens is 534 g/mol. The normalized spacial score (nSPS) is 11.6. The van der Waals surface area contributed by atoms with Gasteiger partial charge in [0.1, 0.15) is 34.1 Å². The van der Waals surface area contributed by atoms with Crippen molar-refractivity contribution in [1.82, 2.24) is 19.5 Å². The van der Waals surface area contributed by atoms with Crippen molar-refractivity contribution in [2.75, 3.05) is 0 Å². The van der Waals surface area contributed by atoms with E-state index in [1.165, 1.54) is 10.6 Å². The SMILES string of the molecule is Cc1cnc(C(C)(C)O)nc1-c1cccc(-n2c(C)nc(OCc3ccc(F)cc3F)c(Br)c2=O)c1. The first kappa shape index (κ1) is 25.6. The van der Waals surface area contributed by atoms with Gasteiger partial charge in [-0.1, -0.05) is 12.1 Å². The summed E-state index contributed by atoms with van der Waals surface area (Å²) < 4.78 is 34.2. The fourth-order valence-electron chi connectivity index (χ4n) is 3.59. The molecular formula is C26H23BrF2N4O3. The number of aromatic nitrogens is 4. The molecule has 0 aliphatic rings. The Kier molecular flexibility index (Phi) is 7.01. The van der Waals surface area contributed by atoms with Gasteiger partial charge in [-0.2, -0.15) is 4.98 Å². The zero-order chi connectivity index (χ0) is 26.2. The third-order valence-electron chi connectivity index (χ3n) is 5.44. The number of halogens is 3. The topological polar surface area (TPSA) is 90.1 Å². The number of rotatable bonds is 6. The number of nitrogens with zero attached hydrogens (tertiary/aromatic N) is 4. The van der Waals surface area contributed by atoms with Crippen LogP contribution in [0.3, 0.4) is 0 Å². The maximum Gasteiger partial charge on any atom is 0.276 e. The average molecular weight is 557 g/mol. The molecule has 0 fully saturated rings. The molecule has 10 heteroatoms. The second kappa shape index (κ2) is 9.87. The lowest BCUT2D eigenvalue weighted by molar-refractivity contribution is 0.0688. The van der Waals surface area contributed by atoms with E-state index in [1.807, 2.05) is 13.0 Å². The van der Waals surface area contributed by atoms with Crippen molar-refractivity contribution < 1.29 is 18.6 Å². The molecule has 0 aliphatic carbocycles. The van der Waals surface area contributed by atoms with E-state index < -0.39 is 22.8 Å². The fraction of sp³-hybridized carbons (Fsp3) is 0.231. The predicted molar refractivity (Wildman–Crippen MR) is 134 cm³/mol. The van der Waals surface area contributed by atoms with E-state index in [2.05, 4.69) is 30.9 Å². The maximum absolute atomic E-state index is 14.0. The molecule has 0 aliphatic heterocycles. The van der Waals surface area contributed by atoms with Gasteiger partial charge >= 0.3 is 0 Å². The summed E-state index contributed by atoms with van der Waals surface area (Å²) in [5.41, 5.74) is 1.20. The summed E-state index contributed by atoms with van der Waals surface area (Å²) in [5, 5.41) is 10.3. The first-order valence-electron chi connectivity index (χ1n) is 11.0. The fourth-order valence-corrected chi connectivity index (χ4v) is 3.97. The van der Waals surface area contributed by atoms with Crippen LogP contribution in [-0.4, -0.2) is 24.6 Å². The van der Waals surface area contributed by atoms with Gasteiger partial charge in [-0.3, -0.25) is 9.36 Å². The van der Waals surface area contributed by atoms with E-state index in [9.17, 15) is 18.7 Å². The lowest BCUT2D eigenvalue weighted by Gasteiger charge is -2.18. The van der Waals surface area contributed by atoms with Crippen molar-refractivity contribution >= 4 is 15.9 Å². The highest BCUT2D eigenvalue weighted by molar-refractivity contribution is 9.10. The molecule has 0 amide bonds. The van der Waals surface area contributed by atoms with Gasteiger partial charge in [-0.25, -0.2) is 18.7 Å². The summed E-state index contributed by atoms with van der Waals surface area (Å²) in [4.78, 5) is 26.4. The van der Waals surface area contributed by atoms with Crippen LogP contribution in [0.25, 0.3) is 16.9 Å². The number of hydrogen-bond donors (Lipinski definition) is 1. The van der Waals surface area contributed by atoms with Crippen molar-refractivity contribution in [3.63, 3.8) is 0 Å². The van der Waals surface area contributed by atoms with Crippen LogP contribution in [0, 0.1) is 25.5 Å². The molecule has 0 saturated carbocycles. The first-order valence-corrected chi connectivity index (χ1v) is 11.8. The molecule has 186 valence electrons. The van der Waals surface area contributed by atoms with Crippen LogP contribution in [0.1, 0.15) is 36.6 Å². The van der Waals surface area contributed by atoms with Crippen molar-refractivity contribution in [1.29, 1.82) is 0 Å². The van der Waals surface area contributed by atoms with Crippen LogP contribution in [-0.2, 0) is 12.2 Å². The summed E-state index contributed by atoms with van der Waals surface area (Å²) in [6.07, 6.45) is 1.65. The molecule has 2 aromatic heterocycles. The number of ether oxygens (including phenoxy) is 1. The van der Waals surface area contributed by atoms with Crippen LogP contribution >= 0.6 is 15.9 Å². The van der Waals surface area contributed by atoms with Crippen molar-refractivity contribution in [3.05, 3.63) is 97.9 Å². The number of aryl methyl sites for hydroxylation is 2. The number of benzene rings is 2. The molecule has 7 nitrogen and oxygen atoms in total. The van der Waals surface area contributed by atoms with Crippen molar-refractivity contribution in [2.45, 2.75) is 39.9 Å². The molecule has 4 aromatic rings. The molecule has 2 aromatic carbocycles. The Bertz CT molecular complexity index is 1520. The van der Waals surface area contributed by atoms with Crippen LogP contribution in [0.15, 0.2) is 57.9 Å². The van der Waals surface area contributed by atoms with Crippen LogP contribution < -0.4 is 10.3 Å². The molecule has 0 saturated heterocycles. The second-order valence-corrected chi connectivity index (χ2v) is 9.57. The first-order chi connectivity index (χ1) is 17.0. The predicted octanol–water partition coefficient (Wildman–Crippen LogP) is 5.15. The Morgan fingerprint density at radius 3 is 2.56 bits per heavy atom. The van der Waals surface area contributed by atoms with E-state index >= 15 is 0 Å². The third-order valence-corrected chi connectivity index (χ3v) is 6.12. The molecule has 0 spiro atoms. The summed E-state index contributed by atoms with van der Waals surface area (Å²) in [6.45, 7) is 6.50. The van der Waals surface area contributed by atoms with E-state index in [-0.39, 0.29) is 28.3 Å². The summed E-state index contributed by atoms with van der Waals surface area (Å²) in [5.74, 6) is -0.822. The minimum atomic E-state index is -1.21. The highest BCUT2D eigenvalue weighted by Gasteiger charge is 2.22. The highest BCUT2D eigenvalue weighted by atomic mass is 79.9. The molecule has 0 atom stereocenters. The maximum atomic E-state index is 14.0. The van der Waals surface area contributed by atoms with E-state index in [0.29, 0.717) is 17.2 Å². The molecule has 36 heavy (non-hydrogen) atoms.